The van der Waals surface area contributed by atoms with Crippen molar-refractivity contribution in [3.8, 4) is 0 Å². The summed E-state index contributed by atoms with van der Waals surface area (Å²) in [6, 6.07) is 0. The summed E-state index contributed by atoms with van der Waals surface area (Å²) in [4.78, 5) is 2.68. The highest BCUT2D eigenvalue weighted by Crippen LogP contribution is 2.37. The smallest absolute Gasteiger partial charge is 0.0334 e. The zero-order chi connectivity index (χ0) is 10.0. The molecule has 82 valence electrons. The maximum atomic E-state index is 6.04. The van der Waals surface area contributed by atoms with Gasteiger partial charge >= 0.3 is 0 Å². The molecule has 2 rings (SSSR count). The summed E-state index contributed by atoms with van der Waals surface area (Å²) >= 11 is 0. The zero-order valence-corrected chi connectivity index (χ0v) is 9.47. The van der Waals surface area contributed by atoms with E-state index >= 15 is 0 Å². The van der Waals surface area contributed by atoms with Gasteiger partial charge in [0.25, 0.3) is 0 Å². The van der Waals surface area contributed by atoms with Crippen LogP contribution in [0.2, 0.25) is 0 Å². The van der Waals surface area contributed by atoms with E-state index in [1.165, 1.54) is 51.6 Å². The van der Waals surface area contributed by atoms with E-state index in [1.54, 1.807) is 0 Å². The molecular weight excluding hydrogens is 172 g/mol. The summed E-state index contributed by atoms with van der Waals surface area (Å²) in [5.41, 5.74) is 6.42. The van der Waals surface area contributed by atoms with Gasteiger partial charge in [0.05, 0.1) is 0 Å². The van der Waals surface area contributed by atoms with E-state index in [-0.39, 0.29) is 0 Å². The third-order valence-electron chi connectivity index (χ3n) is 4.22. The molecule has 2 fully saturated rings. The van der Waals surface area contributed by atoms with Crippen LogP contribution in [0.25, 0.3) is 0 Å². The molecule has 1 saturated carbocycles. The minimum Gasteiger partial charge on any atom is -0.329 e. The first-order valence-corrected chi connectivity index (χ1v) is 6.22. The highest BCUT2D eigenvalue weighted by Gasteiger charge is 2.39. The van der Waals surface area contributed by atoms with Crippen molar-refractivity contribution in [2.24, 2.45) is 11.7 Å². The summed E-state index contributed by atoms with van der Waals surface area (Å²) in [6.45, 7) is 5.85. The van der Waals surface area contributed by atoms with Crippen molar-refractivity contribution in [3.05, 3.63) is 0 Å². The highest BCUT2D eigenvalue weighted by molar-refractivity contribution is 4.97. The van der Waals surface area contributed by atoms with Gasteiger partial charge in [-0.3, -0.25) is 4.90 Å². The van der Waals surface area contributed by atoms with Gasteiger partial charge in [-0.15, -0.1) is 0 Å². The second kappa shape index (κ2) is 4.19. The molecule has 0 spiro atoms. The van der Waals surface area contributed by atoms with Gasteiger partial charge in [0.2, 0.25) is 0 Å². The molecule has 2 heteroatoms. The average Bonchev–Trinajstić information content (AvgIpc) is 2.71. The maximum absolute atomic E-state index is 6.04. The third-order valence-corrected chi connectivity index (χ3v) is 4.22. The van der Waals surface area contributed by atoms with Gasteiger partial charge in [-0.2, -0.15) is 0 Å². The SMILES string of the molecule is CC1CCCC(CN)(N2CCCC2)C1. The molecule has 0 aromatic heterocycles. The molecule has 0 radical (unpaired) electrons. The lowest BCUT2D eigenvalue weighted by atomic mass is 9.75. The Morgan fingerprint density at radius 3 is 2.57 bits per heavy atom. The quantitative estimate of drug-likeness (QED) is 0.732. The van der Waals surface area contributed by atoms with Crippen molar-refractivity contribution >= 4 is 0 Å². The molecule has 14 heavy (non-hydrogen) atoms. The highest BCUT2D eigenvalue weighted by atomic mass is 15.2. The number of hydrogen-bond acceptors (Lipinski definition) is 2. The van der Waals surface area contributed by atoms with Crippen LogP contribution in [0.4, 0.5) is 0 Å². The lowest BCUT2D eigenvalue weighted by Gasteiger charge is -2.46. The molecular formula is C12H24N2. The van der Waals surface area contributed by atoms with E-state index < -0.39 is 0 Å². The topological polar surface area (TPSA) is 29.3 Å². The van der Waals surface area contributed by atoms with Gasteiger partial charge in [0, 0.05) is 12.1 Å². The van der Waals surface area contributed by atoms with E-state index in [2.05, 4.69) is 11.8 Å². The fourth-order valence-electron chi connectivity index (χ4n) is 3.43. The van der Waals surface area contributed by atoms with Gasteiger partial charge in [-0.05, 0) is 44.7 Å². The minimum absolute atomic E-state index is 0.383. The molecule has 1 aliphatic carbocycles. The molecule has 1 aliphatic heterocycles. The van der Waals surface area contributed by atoms with Crippen LogP contribution in [0.5, 0.6) is 0 Å². The lowest BCUT2D eigenvalue weighted by molar-refractivity contribution is 0.0599. The standard InChI is InChI=1S/C12H24N2/c1-11-5-4-6-12(9-11,10-13)14-7-2-3-8-14/h11H,2-10,13H2,1H3. The predicted octanol–water partition coefficient (Wildman–Crippen LogP) is 1.99. The molecule has 0 aromatic rings. The van der Waals surface area contributed by atoms with E-state index in [4.69, 9.17) is 5.73 Å². The first-order valence-electron chi connectivity index (χ1n) is 6.22. The van der Waals surface area contributed by atoms with Crippen LogP contribution >= 0.6 is 0 Å². The second-order valence-corrected chi connectivity index (χ2v) is 5.32. The van der Waals surface area contributed by atoms with Crippen LogP contribution in [0.1, 0.15) is 45.4 Å². The van der Waals surface area contributed by atoms with Crippen molar-refractivity contribution in [3.63, 3.8) is 0 Å². The molecule has 2 N–H and O–H groups in total. The number of likely N-dealkylation sites (tertiary alicyclic amines) is 1. The van der Waals surface area contributed by atoms with Crippen molar-refractivity contribution in [2.45, 2.75) is 51.0 Å². The lowest BCUT2D eigenvalue weighted by Crippen LogP contribution is -2.55. The van der Waals surface area contributed by atoms with Crippen LogP contribution in [0.15, 0.2) is 0 Å². The predicted molar refractivity (Wildman–Crippen MR) is 60.2 cm³/mol. The number of hydrogen-bond donors (Lipinski definition) is 1. The van der Waals surface area contributed by atoms with Gasteiger partial charge in [-0.25, -0.2) is 0 Å². The van der Waals surface area contributed by atoms with Crippen molar-refractivity contribution in [1.82, 2.24) is 4.90 Å². The van der Waals surface area contributed by atoms with Gasteiger partial charge in [0.15, 0.2) is 0 Å². The third kappa shape index (κ3) is 1.82. The zero-order valence-electron chi connectivity index (χ0n) is 9.47. The second-order valence-electron chi connectivity index (χ2n) is 5.32. The van der Waals surface area contributed by atoms with Gasteiger partial charge in [0.1, 0.15) is 0 Å². The molecule has 0 bridgehead atoms. The molecule has 2 nitrogen and oxygen atoms in total. The van der Waals surface area contributed by atoms with E-state index in [0.717, 1.165) is 12.5 Å². The fraction of sp³-hybridized carbons (Fsp3) is 1.00. The monoisotopic (exact) mass is 196 g/mol. The Kier molecular flexibility index (Phi) is 3.13. The summed E-state index contributed by atoms with van der Waals surface area (Å²) < 4.78 is 0. The number of nitrogens with zero attached hydrogens (tertiary/aromatic N) is 1. The number of nitrogens with two attached hydrogens (primary N) is 1. The fourth-order valence-corrected chi connectivity index (χ4v) is 3.43. The normalized spacial score (nSPS) is 40.3. The van der Waals surface area contributed by atoms with Crippen LogP contribution in [0, 0.1) is 5.92 Å². The van der Waals surface area contributed by atoms with Crippen LogP contribution in [-0.4, -0.2) is 30.1 Å². The maximum Gasteiger partial charge on any atom is 0.0334 e. The summed E-state index contributed by atoms with van der Waals surface area (Å²) in [6.07, 6.45) is 8.24. The van der Waals surface area contributed by atoms with Crippen LogP contribution < -0.4 is 5.73 Å². The van der Waals surface area contributed by atoms with E-state index in [9.17, 15) is 0 Å². The van der Waals surface area contributed by atoms with Crippen LogP contribution in [-0.2, 0) is 0 Å². The van der Waals surface area contributed by atoms with Crippen molar-refractivity contribution < 1.29 is 0 Å². The molecule has 0 amide bonds. The summed E-state index contributed by atoms with van der Waals surface area (Å²) in [7, 11) is 0. The summed E-state index contributed by atoms with van der Waals surface area (Å²) in [5, 5.41) is 0. The Hall–Kier alpha value is -0.0800. The first-order chi connectivity index (χ1) is 6.77. The first kappa shape index (κ1) is 10.4. The Morgan fingerprint density at radius 2 is 2.00 bits per heavy atom. The van der Waals surface area contributed by atoms with E-state index in [1.807, 2.05) is 0 Å². The minimum atomic E-state index is 0.383. The van der Waals surface area contributed by atoms with Gasteiger partial charge in [-0.1, -0.05) is 19.8 Å². The molecule has 0 aromatic carbocycles. The van der Waals surface area contributed by atoms with Gasteiger partial charge < -0.3 is 5.73 Å². The molecule has 2 unspecified atom stereocenters. The molecule has 1 saturated heterocycles. The largest absolute Gasteiger partial charge is 0.329 e. The Morgan fingerprint density at radius 1 is 1.29 bits per heavy atom. The average molecular weight is 196 g/mol. The van der Waals surface area contributed by atoms with E-state index in [0.29, 0.717) is 5.54 Å². The Labute approximate surface area is 87.8 Å². The van der Waals surface area contributed by atoms with Crippen molar-refractivity contribution in [2.75, 3.05) is 19.6 Å². The number of rotatable bonds is 2. The Balaban J connectivity index is 2.06. The van der Waals surface area contributed by atoms with Crippen molar-refractivity contribution in [1.29, 1.82) is 0 Å². The Bertz CT molecular complexity index is 187. The molecule has 1 heterocycles. The molecule has 2 aliphatic rings. The molecule has 2 atom stereocenters. The van der Waals surface area contributed by atoms with Crippen LogP contribution in [0.3, 0.4) is 0 Å². The summed E-state index contributed by atoms with van der Waals surface area (Å²) in [5.74, 6) is 0.882.